The van der Waals surface area contributed by atoms with E-state index < -0.39 is 0 Å². The van der Waals surface area contributed by atoms with Crippen LogP contribution < -0.4 is 0 Å². The van der Waals surface area contributed by atoms with E-state index in [1.54, 1.807) is 6.20 Å². The van der Waals surface area contributed by atoms with Crippen LogP contribution >= 0.6 is 0 Å². The summed E-state index contributed by atoms with van der Waals surface area (Å²) in [6, 6.07) is 5.98. The van der Waals surface area contributed by atoms with E-state index in [0.717, 1.165) is 16.5 Å². The number of rotatable bonds is 0. The fourth-order valence-electron chi connectivity index (χ4n) is 1.44. The fraction of sp³-hybridized carbons (Fsp3) is 0. The second-order valence-corrected chi connectivity index (χ2v) is 2.73. The largest absolute Gasteiger partial charge is 0.354 e. The van der Waals surface area contributed by atoms with Gasteiger partial charge < -0.3 is 8.92 Å². The van der Waals surface area contributed by atoms with Crippen molar-refractivity contribution in [2.45, 2.75) is 0 Å². The second kappa shape index (κ2) is 1.88. The van der Waals surface area contributed by atoms with Gasteiger partial charge >= 0.3 is 0 Å². The summed E-state index contributed by atoms with van der Waals surface area (Å²) in [4.78, 5) is 0. The van der Waals surface area contributed by atoms with Gasteiger partial charge in [-0.15, -0.1) is 0 Å². The van der Waals surface area contributed by atoms with Gasteiger partial charge in [-0.3, -0.25) is 0 Å². The molecule has 0 aliphatic rings. The predicted molar refractivity (Wildman–Crippen MR) is 45.0 cm³/mol. The molecule has 0 saturated heterocycles. The summed E-state index contributed by atoms with van der Waals surface area (Å²) in [5.41, 5.74) is 1.92. The van der Waals surface area contributed by atoms with Crippen LogP contribution in [0.15, 0.2) is 41.3 Å². The summed E-state index contributed by atoms with van der Waals surface area (Å²) in [5.74, 6) is 0. The number of hydrogen-bond donors (Lipinski definition) is 0. The van der Waals surface area contributed by atoms with Crippen LogP contribution in [0.25, 0.3) is 16.5 Å². The molecule has 0 aliphatic carbocycles. The zero-order valence-electron chi connectivity index (χ0n) is 6.27. The maximum atomic E-state index is 5.10. The van der Waals surface area contributed by atoms with Gasteiger partial charge in [0.25, 0.3) is 0 Å². The van der Waals surface area contributed by atoms with Crippen LogP contribution in [-0.4, -0.2) is 9.56 Å². The van der Waals surface area contributed by atoms with Crippen molar-refractivity contribution in [3.05, 3.63) is 36.8 Å². The van der Waals surface area contributed by atoms with E-state index in [-0.39, 0.29) is 0 Å². The van der Waals surface area contributed by atoms with Crippen molar-refractivity contribution in [3.63, 3.8) is 0 Å². The van der Waals surface area contributed by atoms with Gasteiger partial charge in [0.15, 0.2) is 5.58 Å². The Kier molecular flexibility index (Phi) is 0.913. The summed E-state index contributed by atoms with van der Waals surface area (Å²) < 4.78 is 7.12. The van der Waals surface area contributed by atoms with Gasteiger partial charge in [-0.05, 0) is 12.1 Å². The zero-order chi connectivity index (χ0) is 7.97. The highest BCUT2D eigenvalue weighted by molar-refractivity contribution is 5.91. The van der Waals surface area contributed by atoms with Gasteiger partial charge in [-0.25, -0.2) is 0 Å². The van der Waals surface area contributed by atoms with Gasteiger partial charge in [0.05, 0.1) is 17.1 Å². The van der Waals surface area contributed by atoms with Crippen molar-refractivity contribution in [3.8, 4) is 0 Å². The van der Waals surface area contributed by atoms with Crippen molar-refractivity contribution < 1.29 is 4.52 Å². The smallest absolute Gasteiger partial charge is 0.192 e. The monoisotopic (exact) mass is 158 g/mol. The molecule has 0 N–H and O–H groups in total. The molecule has 0 aromatic carbocycles. The van der Waals surface area contributed by atoms with E-state index in [2.05, 4.69) is 5.16 Å². The summed E-state index contributed by atoms with van der Waals surface area (Å²) in [5, 5.41) is 4.77. The fourth-order valence-corrected chi connectivity index (χ4v) is 1.44. The summed E-state index contributed by atoms with van der Waals surface area (Å²) in [6.07, 6.45) is 5.72. The number of aromatic nitrogens is 2. The molecular formula is C9H6N2O. The third-order valence-corrected chi connectivity index (χ3v) is 2.00. The molecule has 0 bridgehead atoms. The molecule has 3 aromatic heterocycles. The van der Waals surface area contributed by atoms with E-state index in [4.69, 9.17) is 4.52 Å². The molecule has 0 atom stereocenters. The lowest BCUT2D eigenvalue weighted by atomic mass is 10.4. The van der Waals surface area contributed by atoms with Gasteiger partial charge in [0, 0.05) is 12.4 Å². The lowest BCUT2D eigenvalue weighted by Crippen LogP contribution is -1.77. The molecular weight excluding hydrogens is 152 g/mol. The molecule has 0 fully saturated rings. The van der Waals surface area contributed by atoms with Crippen LogP contribution in [0.1, 0.15) is 0 Å². The molecule has 0 saturated carbocycles. The first-order valence-corrected chi connectivity index (χ1v) is 3.75. The van der Waals surface area contributed by atoms with E-state index >= 15 is 0 Å². The summed E-state index contributed by atoms with van der Waals surface area (Å²) in [6.45, 7) is 0. The molecule has 3 heteroatoms. The Balaban J connectivity index is 2.68. The van der Waals surface area contributed by atoms with Crippen LogP contribution in [0.2, 0.25) is 0 Å². The normalized spacial score (nSPS) is 11.3. The average Bonchev–Trinajstić information content (AvgIpc) is 2.62. The first-order valence-electron chi connectivity index (χ1n) is 3.75. The molecule has 3 aromatic rings. The Bertz CT molecular complexity index is 534. The Labute approximate surface area is 68.2 Å². The first kappa shape index (κ1) is 5.83. The SMILES string of the molecule is c1ccn2cc3cnoc3c2c1. The third kappa shape index (κ3) is 0.580. The van der Waals surface area contributed by atoms with Crippen molar-refractivity contribution in [1.82, 2.24) is 9.56 Å². The average molecular weight is 158 g/mol. The highest BCUT2D eigenvalue weighted by Crippen LogP contribution is 2.20. The van der Waals surface area contributed by atoms with Crippen LogP contribution in [0.3, 0.4) is 0 Å². The standard InChI is InChI=1S/C9H6N2O/c1-2-4-11-6-7-5-10-12-9(7)8(11)3-1/h1-6H. The maximum absolute atomic E-state index is 5.10. The molecule has 0 unspecified atom stereocenters. The van der Waals surface area contributed by atoms with Crippen LogP contribution in [0.5, 0.6) is 0 Å². The molecule has 0 aliphatic heterocycles. The molecule has 3 rings (SSSR count). The lowest BCUT2D eigenvalue weighted by Gasteiger charge is -1.89. The number of nitrogens with zero attached hydrogens (tertiary/aromatic N) is 2. The van der Waals surface area contributed by atoms with Crippen molar-refractivity contribution in [1.29, 1.82) is 0 Å². The zero-order valence-corrected chi connectivity index (χ0v) is 6.27. The van der Waals surface area contributed by atoms with Gasteiger partial charge in [0.1, 0.15) is 0 Å². The van der Waals surface area contributed by atoms with Crippen LogP contribution in [0, 0.1) is 0 Å². The molecule has 0 radical (unpaired) electrons. The first-order chi connectivity index (χ1) is 5.95. The number of pyridine rings is 1. The van der Waals surface area contributed by atoms with Gasteiger partial charge in [-0.2, -0.15) is 0 Å². The van der Waals surface area contributed by atoms with Crippen molar-refractivity contribution >= 4 is 16.5 Å². The molecule has 0 amide bonds. The second-order valence-electron chi connectivity index (χ2n) is 2.73. The van der Waals surface area contributed by atoms with E-state index in [1.165, 1.54) is 0 Å². The minimum absolute atomic E-state index is 0.857. The molecule has 58 valence electrons. The maximum Gasteiger partial charge on any atom is 0.192 e. The van der Waals surface area contributed by atoms with Crippen molar-refractivity contribution in [2.75, 3.05) is 0 Å². The van der Waals surface area contributed by atoms with Gasteiger partial charge in [0.2, 0.25) is 0 Å². The number of hydrogen-bond acceptors (Lipinski definition) is 2. The minimum atomic E-state index is 0.857. The predicted octanol–water partition coefficient (Wildman–Crippen LogP) is 2.08. The lowest BCUT2D eigenvalue weighted by molar-refractivity contribution is 0.458. The van der Waals surface area contributed by atoms with Crippen LogP contribution in [-0.2, 0) is 0 Å². The Hall–Kier alpha value is -1.77. The molecule has 3 nitrogen and oxygen atoms in total. The minimum Gasteiger partial charge on any atom is -0.354 e. The van der Waals surface area contributed by atoms with Crippen molar-refractivity contribution in [2.24, 2.45) is 0 Å². The van der Waals surface area contributed by atoms with E-state index in [0.29, 0.717) is 0 Å². The Morgan fingerprint density at radius 1 is 1.33 bits per heavy atom. The topological polar surface area (TPSA) is 30.4 Å². The van der Waals surface area contributed by atoms with Crippen LogP contribution in [0.4, 0.5) is 0 Å². The quantitative estimate of drug-likeness (QED) is 0.501. The van der Waals surface area contributed by atoms with Gasteiger partial charge in [-0.1, -0.05) is 11.2 Å². The third-order valence-electron chi connectivity index (χ3n) is 2.00. The number of fused-ring (bicyclic) bond motifs is 3. The Morgan fingerprint density at radius 3 is 3.33 bits per heavy atom. The highest BCUT2D eigenvalue weighted by Gasteiger charge is 2.04. The molecule has 12 heavy (non-hydrogen) atoms. The Morgan fingerprint density at radius 2 is 2.33 bits per heavy atom. The molecule has 3 heterocycles. The van der Waals surface area contributed by atoms with E-state index in [1.807, 2.05) is 35.0 Å². The summed E-state index contributed by atoms with van der Waals surface area (Å²) in [7, 11) is 0. The molecule has 0 spiro atoms. The van der Waals surface area contributed by atoms with E-state index in [9.17, 15) is 0 Å². The summed E-state index contributed by atoms with van der Waals surface area (Å²) >= 11 is 0. The highest BCUT2D eigenvalue weighted by atomic mass is 16.5.